The van der Waals surface area contributed by atoms with E-state index in [1.54, 1.807) is 31.5 Å². The van der Waals surface area contributed by atoms with E-state index >= 15 is 0 Å². The standard InChI is InChI=1S/C17H20N2O4S/c1-11-6-15(7-12(2)17(11)22-3)24(20,21)19-14-8-13-10-23-5-4-16(13)18-9-14/h6-9,19H,4-5,10H2,1-3H3. The monoisotopic (exact) mass is 348 g/mol. The maximum Gasteiger partial charge on any atom is 0.261 e. The Hall–Kier alpha value is -2.12. The van der Waals surface area contributed by atoms with Crippen molar-refractivity contribution in [3.63, 3.8) is 0 Å². The van der Waals surface area contributed by atoms with Crippen LogP contribution in [0.15, 0.2) is 29.3 Å². The molecule has 2 aromatic rings. The fourth-order valence-electron chi connectivity index (χ4n) is 2.90. The van der Waals surface area contributed by atoms with Crippen molar-refractivity contribution in [3.05, 3.63) is 46.8 Å². The molecule has 0 saturated carbocycles. The molecule has 1 aliphatic heterocycles. The molecule has 1 N–H and O–H groups in total. The molecule has 1 aliphatic rings. The van der Waals surface area contributed by atoms with Gasteiger partial charge in [0, 0.05) is 17.7 Å². The summed E-state index contributed by atoms with van der Waals surface area (Å²) in [6.45, 7) is 4.75. The molecule has 1 aromatic heterocycles. The van der Waals surface area contributed by atoms with Crippen LogP contribution in [0.3, 0.4) is 0 Å². The van der Waals surface area contributed by atoms with Crippen LogP contribution in [0.5, 0.6) is 5.75 Å². The van der Waals surface area contributed by atoms with Crippen LogP contribution in [0.25, 0.3) is 0 Å². The summed E-state index contributed by atoms with van der Waals surface area (Å²) in [7, 11) is -2.12. The lowest BCUT2D eigenvalue weighted by atomic mass is 10.1. The van der Waals surface area contributed by atoms with E-state index in [2.05, 4.69) is 9.71 Å². The van der Waals surface area contributed by atoms with Gasteiger partial charge in [-0.3, -0.25) is 9.71 Å². The highest BCUT2D eigenvalue weighted by molar-refractivity contribution is 7.92. The maximum atomic E-state index is 12.7. The van der Waals surface area contributed by atoms with Crippen molar-refractivity contribution in [1.82, 2.24) is 4.98 Å². The third-order valence-electron chi connectivity index (χ3n) is 4.00. The minimum absolute atomic E-state index is 0.201. The molecular weight excluding hydrogens is 328 g/mol. The van der Waals surface area contributed by atoms with Crippen LogP contribution in [0.2, 0.25) is 0 Å². The number of aryl methyl sites for hydroxylation is 2. The number of anilines is 1. The molecule has 0 saturated heterocycles. The van der Waals surface area contributed by atoms with Gasteiger partial charge >= 0.3 is 0 Å². The number of hydrogen-bond acceptors (Lipinski definition) is 5. The van der Waals surface area contributed by atoms with Crippen molar-refractivity contribution in [2.45, 2.75) is 31.8 Å². The first kappa shape index (κ1) is 16.7. The Bertz CT molecular complexity index is 855. The Balaban J connectivity index is 1.92. The largest absolute Gasteiger partial charge is 0.496 e. The zero-order valence-corrected chi connectivity index (χ0v) is 14.7. The lowest BCUT2D eigenvalue weighted by Crippen LogP contribution is -2.16. The number of pyridine rings is 1. The molecule has 0 amide bonds. The van der Waals surface area contributed by atoms with Crippen LogP contribution in [-0.4, -0.2) is 27.1 Å². The molecular formula is C17H20N2O4S. The molecule has 1 aromatic carbocycles. The lowest BCUT2D eigenvalue weighted by Gasteiger charge is -2.17. The summed E-state index contributed by atoms with van der Waals surface area (Å²) in [5, 5.41) is 0. The second kappa shape index (κ2) is 6.41. The lowest BCUT2D eigenvalue weighted by molar-refractivity contribution is 0.109. The Morgan fingerprint density at radius 1 is 1.21 bits per heavy atom. The summed E-state index contributed by atoms with van der Waals surface area (Å²) in [4.78, 5) is 4.53. The number of fused-ring (bicyclic) bond motifs is 1. The molecule has 3 rings (SSSR count). The van der Waals surface area contributed by atoms with Gasteiger partial charge in [0.05, 0.1) is 37.1 Å². The minimum Gasteiger partial charge on any atom is -0.496 e. The molecule has 0 radical (unpaired) electrons. The zero-order valence-electron chi connectivity index (χ0n) is 13.9. The van der Waals surface area contributed by atoms with Gasteiger partial charge in [-0.2, -0.15) is 0 Å². The van der Waals surface area contributed by atoms with Crippen molar-refractivity contribution in [2.24, 2.45) is 0 Å². The van der Waals surface area contributed by atoms with Gasteiger partial charge in [0.2, 0.25) is 0 Å². The highest BCUT2D eigenvalue weighted by Gasteiger charge is 2.19. The molecule has 2 heterocycles. The third kappa shape index (κ3) is 3.22. The first-order valence-electron chi connectivity index (χ1n) is 7.64. The van der Waals surface area contributed by atoms with E-state index in [9.17, 15) is 8.42 Å². The Morgan fingerprint density at radius 2 is 1.92 bits per heavy atom. The Kier molecular flexibility index (Phi) is 4.47. The van der Waals surface area contributed by atoms with E-state index in [4.69, 9.17) is 9.47 Å². The van der Waals surface area contributed by atoms with Crippen LogP contribution in [0, 0.1) is 13.8 Å². The number of ether oxygens (including phenoxy) is 2. The van der Waals surface area contributed by atoms with Gasteiger partial charge in [-0.1, -0.05) is 0 Å². The highest BCUT2D eigenvalue weighted by atomic mass is 32.2. The fraction of sp³-hybridized carbons (Fsp3) is 0.353. The van der Waals surface area contributed by atoms with Gasteiger partial charge in [-0.15, -0.1) is 0 Å². The summed E-state index contributed by atoms with van der Waals surface area (Å²) in [6, 6.07) is 4.98. The number of nitrogens with zero attached hydrogens (tertiary/aromatic N) is 1. The van der Waals surface area contributed by atoms with Gasteiger partial charge in [0.15, 0.2) is 0 Å². The summed E-state index contributed by atoms with van der Waals surface area (Å²) in [5.41, 5.74) is 3.86. The van der Waals surface area contributed by atoms with Crippen molar-refractivity contribution in [3.8, 4) is 5.75 Å². The fourth-order valence-corrected chi connectivity index (χ4v) is 4.10. The number of benzene rings is 1. The van der Waals surface area contributed by atoms with Gasteiger partial charge < -0.3 is 9.47 Å². The number of rotatable bonds is 4. The second-order valence-corrected chi connectivity index (χ2v) is 7.51. The molecule has 0 unspecified atom stereocenters. The van der Waals surface area contributed by atoms with E-state index in [0.717, 1.165) is 28.8 Å². The van der Waals surface area contributed by atoms with E-state index in [1.807, 2.05) is 13.8 Å². The SMILES string of the molecule is COc1c(C)cc(S(=O)(=O)Nc2cnc3c(c2)COCC3)cc1C. The van der Waals surface area contributed by atoms with E-state index in [0.29, 0.717) is 24.7 Å². The van der Waals surface area contributed by atoms with E-state index < -0.39 is 10.0 Å². The number of nitrogens with one attached hydrogen (secondary N) is 1. The van der Waals surface area contributed by atoms with Crippen LogP contribution in [0.1, 0.15) is 22.4 Å². The molecule has 0 atom stereocenters. The quantitative estimate of drug-likeness (QED) is 0.919. The summed E-state index contributed by atoms with van der Waals surface area (Å²) >= 11 is 0. The summed E-state index contributed by atoms with van der Waals surface area (Å²) in [6.07, 6.45) is 2.30. The smallest absolute Gasteiger partial charge is 0.261 e. The molecule has 24 heavy (non-hydrogen) atoms. The van der Waals surface area contributed by atoms with Gasteiger partial charge in [-0.05, 0) is 43.2 Å². The van der Waals surface area contributed by atoms with Crippen molar-refractivity contribution < 1.29 is 17.9 Å². The zero-order chi connectivity index (χ0) is 17.3. The first-order valence-corrected chi connectivity index (χ1v) is 9.12. The van der Waals surface area contributed by atoms with Crippen molar-refractivity contribution in [1.29, 1.82) is 0 Å². The third-order valence-corrected chi connectivity index (χ3v) is 5.36. The van der Waals surface area contributed by atoms with Gasteiger partial charge in [-0.25, -0.2) is 8.42 Å². The molecule has 0 fully saturated rings. The summed E-state index contributed by atoms with van der Waals surface area (Å²) < 4.78 is 38.6. The van der Waals surface area contributed by atoms with Crippen LogP contribution >= 0.6 is 0 Å². The van der Waals surface area contributed by atoms with Gasteiger partial charge in [0.1, 0.15) is 5.75 Å². The highest BCUT2D eigenvalue weighted by Crippen LogP contribution is 2.28. The molecule has 0 aliphatic carbocycles. The van der Waals surface area contributed by atoms with Crippen molar-refractivity contribution >= 4 is 15.7 Å². The van der Waals surface area contributed by atoms with Crippen molar-refractivity contribution in [2.75, 3.05) is 18.4 Å². The summed E-state index contributed by atoms with van der Waals surface area (Å²) in [5.74, 6) is 0.696. The predicted octanol–water partition coefficient (Wildman–Crippen LogP) is 2.58. The Labute approximate surface area is 141 Å². The topological polar surface area (TPSA) is 77.5 Å². The van der Waals surface area contributed by atoms with Crippen LogP contribution in [-0.2, 0) is 27.8 Å². The Morgan fingerprint density at radius 3 is 2.58 bits per heavy atom. The molecule has 0 bridgehead atoms. The average Bonchev–Trinajstić information content (AvgIpc) is 2.54. The normalized spacial score (nSPS) is 14.1. The van der Waals surface area contributed by atoms with E-state index in [1.165, 1.54) is 0 Å². The number of hydrogen-bond donors (Lipinski definition) is 1. The van der Waals surface area contributed by atoms with Crippen LogP contribution < -0.4 is 9.46 Å². The minimum atomic E-state index is -3.70. The first-order chi connectivity index (χ1) is 11.4. The number of aromatic nitrogens is 1. The second-order valence-electron chi connectivity index (χ2n) is 5.83. The molecule has 7 heteroatoms. The number of sulfonamides is 1. The average molecular weight is 348 g/mol. The number of methoxy groups -OCH3 is 1. The predicted molar refractivity (Wildman–Crippen MR) is 90.9 cm³/mol. The van der Waals surface area contributed by atoms with Gasteiger partial charge in [0.25, 0.3) is 10.0 Å². The maximum absolute atomic E-state index is 12.7. The van der Waals surface area contributed by atoms with Crippen LogP contribution in [0.4, 0.5) is 5.69 Å². The molecule has 128 valence electrons. The van der Waals surface area contributed by atoms with E-state index in [-0.39, 0.29) is 4.90 Å². The molecule has 6 nitrogen and oxygen atoms in total. The molecule has 0 spiro atoms.